The number of piperidine rings is 1. The SMILES string of the molecule is CN1C(=O)CC[C@H](CNc2ccnc(C3CC3)n2)[C@H]1c1nccn1C. The van der Waals surface area contributed by atoms with Crippen molar-refractivity contribution in [1.82, 2.24) is 24.4 Å². The van der Waals surface area contributed by atoms with Gasteiger partial charge in [0.1, 0.15) is 17.5 Å². The fourth-order valence-electron chi connectivity index (χ4n) is 3.62. The molecule has 2 fully saturated rings. The molecule has 1 saturated carbocycles. The average molecular weight is 340 g/mol. The molecule has 0 aromatic carbocycles. The molecule has 0 bridgehead atoms. The average Bonchev–Trinajstić information content (AvgIpc) is 3.39. The third-order valence-corrected chi connectivity index (χ3v) is 5.27. The molecule has 4 rings (SSSR count). The Balaban J connectivity index is 1.50. The van der Waals surface area contributed by atoms with Crippen LogP contribution in [0.25, 0.3) is 0 Å². The topological polar surface area (TPSA) is 75.9 Å². The maximum absolute atomic E-state index is 12.2. The molecule has 0 spiro atoms. The van der Waals surface area contributed by atoms with Gasteiger partial charge in [-0.05, 0) is 25.3 Å². The zero-order valence-electron chi connectivity index (χ0n) is 14.7. The molecule has 2 aliphatic rings. The monoisotopic (exact) mass is 340 g/mol. The lowest BCUT2D eigenvalue weighted by atomic mass is 9.88. The molecule has 1 saturated heterocycles. The number of aryl methyl sites for hydroxylation is 1. The number of likely N-dealkylation sites (tertiary alicyclic amines) is 1. The Bertz CT molecular complexity index is 768. The second-order valence-electron chi connectivity index (χ2n) is 7.10. The van der Waals surface area contributed by atoms with Crippen LogP contribution in [0, 0.1) is 5.92 Å². The maximum atomic E-state index is 12.2. The van der Waals surface area contributed by atoms with E-state index in [9.17, 15) is 4.79 Å². The number of hydrogen-bond donors (Lipinski definition) is 1. The fraction of sp³-hybridized carbons (Fsp3) is 0.556. The van der Waals surface area contributed by atoms with Crippen LogP contribution in [-0.4, -0.2) is 43.9 Å². The number of nitrogens with one attached hydrogen (secondary N) is 1. The highest BCUT2D eigenvalue weighted by Crippen LogP contribution is 2.38. The van der Waals surface area contributed by atoms with Crippen molar-refractivity contribution in [2.24, 2.45) is 13.0 Å². The number of imidazole rings is 1. The molecule has 0 unspecified atom stereocenters. The van der Waals surface area contributed by atoms with Crippen LogP contribution in [0.15, 0.2) is 24.7 Å². The number of carbonyl (C=O) groups excluding carboxylic acids is 1. The van der Waals surface area contributed by atoms with Crippen molar-refractivity contribution in [3.05, 3.63) is 36.3 Å². The quantitative estimate of drug-likeness (QED) is 0.902. The molecule has 1 N–H and O–H groups in total. The van der Waals surface area contributed by atoms with Crippen molar-refractivity contribution in [3.63, 3.8) is 0 Å². The Kier molecular flexibility index (Phi) is 4.15. The number of anilines is 1. The first-order valence-electron chi connectivity index (χ1n) is 8.93. The Hall–Kier alpha value is -2.44. The van der Waals surface area contributed by atoms with E-state index in [0.29, 0.717) is 18.3 Å². The molecular weight excluding hydrogens is 316 g/mol. The first-order valence-corrected chi connectivity index (χ1v) is 8.93. The third-order valence-electron chi connectivity index (χ3n) is 5.27. The molecular formula is C18H24N6O. The van der Waals surface area contributed by atoms with Gasteiger partial charge in [-0.2, -0.15) is 0 Å². The second kappa shape index (κ2) is 6.46. The highest BCUT2D eigenvalue weighted by Gasteiger charge is 2.36. The summed E-state index contributed by atoms with van der Waals surface area (Å²) in [6.45, 7) is 0.760. The molecule has 2 atom stereocenters. The van der Waals surface area contributed by atoms with Crippen LogP contribution in [-0.2, 0) is 11.8 Å². The predicted molar refractivity (Wildman–Crippen MR) is 93.9 cm³/mol. The molecule has 25 heavy (non-hydrogen) atoms. The molecule has 1 aliphatic carbocycles. The lowest BCUT2D eigenvalue weighted by Gasteiger charge is -2.38. The fourth-order valence-corrected chi connectivity index (χ4v) is 3.62. The summed E-state index contributed by atoms with van der Waals surface area (Å²) in [5.74, 6) is 3.77. The summed E-state index contributed by atoms with van der Waals surface area (Å²) in [4.78, 5) is 27.5. The molecule has 1 aliphatic heterocycles. The number of hydrogen-bond acceptors (Lipinski definition) is 5. The summed E-state index contributed by atoms with van der Waals surface area (Å²) in [7, 11) is 3.86. The van der Waals surface area contributed by atoms with Crippen LogP contribution in [0.5, 0.6) is 0 Å². The van der Waals surface area contributed by atoms with E-state index in [1.54, 1.807) is 6.20 Å². The van der Waals surface area contributed by atoms with Crippen molar-refractivity contribution < 1.29 is 4.79 Å². The predicted octanol–water partition coefficient (Wildman–Crippen LogP) is 2.11. The standard InChI is InChI=1S/C18H24N6O/c1-23-10-9-20-18(23)16-13(5-6-15(25)24(16)2)11-21-14-7-8-19-17(22-14)12-3-4-12/h7-10,12-13,16H,3-6,11H2,1-2H3,(H,19,21,22)/t13-,16+/m1/s1. The van der Waals surface area contributed by atoms with Crippen LogP contribution < -0.4 is 5.32 Å². The number of aromatic nitrogens is 4. The molecule has 0 radical (unpaired) electrons. The van der Waals surface area contributed by atoms with Crippen molar-refractivity contribution in [1.29, 1.82) is 0 Å². The first kappa shape index (κ1) is 16.1. The second-order valence-corrected chi connectivity index (χ2v) is 7.10. The molecule has 2 aromatic heterocycles. The van der Waals surface area contributed by atoms with Gasteiger partial charge in [-0.3, -0.25) is 4.79 Å². The lowest BCUT2D eigenvalue weighted by Crippen LogP contribution is -2.43. The van der Waals surface area contributed by atoms with Gasteiger partial charge in [-0.15, -0.1) is 0 Å². The summed E-state index contributed by atoms with van der Waals surface area (Å²) < 4.78 is 2.00. The minimum absolute atomic E-state index is 0.0153. The number of nitrogens with zero attached hydrogens (tertiary/aromatic N) is 5. The van der Waals surface area contributed by atoms with Crippen LogP contribution in [0.1, 0.15) is 49.3 Å². The summed E-state index contributed by atoms with van der Waals surface area (Å²) in [5, 5.41) is 3.46. The van der Waals surface area contributed by atoms with Crippen molar-refractivity contribution in [2.75, 3.05) is 18.9 Å². The van der Waals surface area contributed by atoms with E-state index in [2.05, 4.69) is 20.3 Å². The van der Waals surface area contributed by atoms with Crippen LogP contribution in [0.2, 0.25) is 0 Å². The van der Waals surface area contributed by atoms with Gasteiger partial charge in [-0.25, -0.2) is 15.0 Å². The van der Waals surface area contributed by atoms with E-state index in [1.807, 2.05) is 42.0 Å². The van der Waals surface area contributed by atoms with Crippen LogP contribution >= 0.6 is 0 Å². The number of amides is 1. The summed E-state index contributed by atoms with van der Waals surface area (Å²) >= 11 is 0. The van der Waals surface area contributed by atoms with E-state index >= 15 is 0 Å². The normalized spacial score (nSPS) is 23.8. The highest BCUT2D eigenvalue weighted by molar-refractivity contribution is 5.77. The number of carbonyl (C=O) groups is 1. The minimum atomic E-state index is -0.0153. The van der Waals surface area contributed by atoms with Gasteiger partial charge in [0.25, 0.3) is 0 Å². The molecule has 1 amide bonds. The van der Waals surface area contributed by atoms with Crippen molar-refractivity contribution >= 4 is 11.7 Å². The van der Waals surface area contributed by atoms with Gasteiger partial charge >= 0.3 is 0 Å². The van der Waals surface area contributed by atoms with Crippen molar-refractivity contribution in [3.8, 4) is 0 Å². The van der Waals surface area contributed by atoms with E-state index < -0.39 is 0 Å². The third kappa shape index (κ3) is 3.23. The smallest absolute Gasteiger partial charge is 0.222 e. The first-order chi connectivity index (χ1) is 12.1. The van der Waals surface area contributed by atoms with Gasteiger partial charge in [0.05, 0.1) is 6.04 Å². The van der Waals surface area contributed by atoms with E-state index in [1.165, 1.54) is 12.8 Å². The molecule has 7 nitrogen and oxygen atoms in total. The largest absolute Gasteiger partial charge is 0.370 e. The van der Waals surface area contributed by atoms with Crippen molar-refractivity contribution in [2.45, 2.75) is 37.6 Å². The Morgan fingerprint density at radius 3 is 2.76 bits per heavy atom. The Morgan fingerprint density at radius 1 is 1.20 bits per heavy atom. The van der Waals surface area contributed by atoms with Gasteiger partial charge in [-0.1, -0.05) is 0 Å². The van der Waals surface area contributed by atoms with Gasteiger partial charge in [0, 0.05) is 57.5 Å². The van der Waals surface area contributed by atoms with E-state index in [4.69, 9.17) is 0 Å². The Morgan fingerprint density at radius 2 is 2.04 bits per heavy atom. The molecule has 132 valence electrons. The van der Waals surface area contributed by atoms with Gasteiger partial charge in [0.2, 0.25) is 5.91 Å². The maximum Gasteiger partial charge on any atom is 0.222 e. The molecule has 7 heteroatoms. The summed E-state index contributed by atoms with van der Waals surface area (Å²) in [5.41, 5.74) is 0. The summed E-state index contributed by atoms with van der Waals surface area (Å²) in [6.07, 6.45) is 9.38. The molecule has 3 heterocycles. The zero-order valence-corrected chi connectivity index (χ0v) is 14.7. The number of rotatable bonds is 5. The summed E-state index contributed by atoms with van der Waals surface area (Å²) in [6, 6.07) is 1.90. The van der Waals surface area contributed by atoms with Crippen LogP contribution in [0.4, 0.5) is 5.82 Å². The van der Waals surface area contributed by atoms with Gasteiger partial charge < -0.3 is 14.8 Å². The van der Waals surface area contributed by atoms with E-state index in [-0.39, 0.29) is 11.9 Å². The minimum Gasteiger partial charge on any atom is -0.370 e. The lowest BCUT2D eigenvalue weighted by molar-refractivity contribution is -0.137. The van der Waals surface area contributed by atoms with Gasteiger partial charge in [0.15, 0.2) is 0 Å². The zero-order chi connectivity index (χ0) is 17.4. The Labute approximate surface area is 147 Å². The van der Waals surface area contributed by atoms with E-state index in [0.717, 1.165) is 30.4 Å². The van der Waals surface area contributed by atoms with Crippen LogP contribution in [0.3, 0.4) is 0 Å². The highest BCUT2D eigenvalue weighted by atomic mass is 16.2. The molecule has 2 aromatic rings.